The molecule has 21 heavy (non-hydrogen) atoms. The van der Waals surface area contributed by atoms with Gasteiger partial charge in [0, 0.05) is 18.2 Å². The van der Waals surface area contributed by atoms with Crippen LogP contribution in [0.15, 0.2) is 24.3 Å². The van der Waals surface area contributed by atoms with Gasteiger partial charge < -0.3 is 15.2 Å². The average molecular weight is 295 g/mol. The lowest BCUT2D eigenvalue weighted by Crippen LogP contribution is -2.42. The van der Waals surface area contributed by atoms with Gasteiger partial charge in [0.25, 0.3) is 0 Å². The van der Waals surface area contributed by atoms with E-state index in [1.807, 2.05) is 0 Å². The Kier molecular flexibility index (Phi) is 5.73. The predicted octanol–water partition coefficient (Wildman–Crippen LogP) is 2.87. The lowest BCUT2D eigenvalue weighted by molar-refractivity contribution is 0.0250. The van der Waals surface area contributed by atoms with E-state index in [1.165, 1.54) is 18.9 Å². The first-order valence-corrected chi connectivity index (χ1v) is 7.71. The van der Waals surface area contributed by atoms with Crippen molar-refractivity contribution in [2.75, 3.05) is 13.2 Å². The number of rotatable bonds is 7. The Hall–Kier alpha value is -0.970. The fourth-order valence-corrected chi connectivity index (χ4v) is 2.96. The Bertz CT molecular complexity index is 450. The monoisotopic (exact) mass is 295 g/mol. The minimum atomic E-state index is -0.562. The van der Waals surface area contributed by atoms with Crippen molar-refractivity contribution in [3.05, 3.63) is 35.6 Å². The Labute approximate surface area is 126 Å². The lowest BCUT2D eigenvalue weighted by atomic mass is 9.87. The lowest BCUT2D eigenvalue weighted by Gasteiger charge is -2.28. The predicted molar refractivity (Wildman–Crippen MR) is 81.5 cm³/mol. The first-order valence-electron chi connectivity index (χ1n) is 7.71. The molecule has 1 aromatic carbocycles. The minimum Gasteiger partial charge on any atom is -0.389 e. The summed E-state index contributed by atoms with van der Waals surface area (Å²) in [6.45, 7) is 5.45. The molecule has 2 rings (SSSR count). The highest BCUT2D eigenvalue weighted by atomic mass is 19.1. The van der Waals surface area contributed by atoms with Crippen molar-refractivity contribution in [3.63, 3.8) is 0 Å². The molecule has 2 atom stereocenters. The number of halogens is 1. The molecular formula is C17H26FNO2. The fraction of sp³-hybridized carbons (Fsp3) is 0.647. The van der Waals surface area contributed by atoms with Gasteiger partial charge in [0.15, 0.2) is 0 Å². The third kappa shape index (κ3) is 4.77. The van der Waals surface area contributed by atoms with E-state index in [1.54, 1.807) is 18.2 Å². The molecule has 0 amide bonds. The van der Waals surface area contributed by atoms with Crippen LogP contribution >= 0.6 is 0 Å². The maximum absolute atomic E-state index is 13.4. The molecule has 4 heteroatoms. The molecule has 3 nitrogen and oxygen atoms in total. The normalized spacial score (nSPS) is 22.4. The zero-order chi connectivity index (χ0) is 15.3. The van der Waals surface area contributed by atoms with Gasteiger partial charge >= 0.3 is 0 Å². The van der Waals surface area contributed by atoms with Gasteiger partial charge in [0.1, 0.15) is 5.82 Å². The van der Waals surface area contributed by atoms with Gasteiger partial charge in [0.2, 0.25) is 0 Å². The van der Waals surface area contributed by atoms with Crippen LogP contribution in [0.1, 0.15) is 38.7 Å². The van der Waals surface area contributed by atoms with E-state index in [4.69, 9.17) is 4.74 Å². The quantitative estimate of drug-likeness (QED) is 0.813. The zero-order valence-electron chi connectivity index (χ0n) is 12.9. The SMILES string of the molecule is CC1(C)CCCC1NCC(O)COCc1ccccc1F. The first kappa shape index (κ1) is 16.4. The maximum atomic E-state index is 13.4. The van der Waals surface area contributed by atoms with Gasteiger partial charge in [-0.1, -0.05) is 38.5 Å². The van der Waals surface area contributed by atoms with Crippen LogP contribution in [0.3, 0.4) is 0 Å². The molecule has 118 valence electrons. The third-order valence-corrected chi connectivity index (χ3v) is 4.38. The molecule has 1 aromatic rings. The molecule has 0 spiro atoms. The van der Waals surface area contributed by atoms with E-state index in [0.717, 1.165) is 6.42 Å². The number of aliphatic hydroxyl groups excluding tert-OH is 1. The fourth-order valence-electron chi connectivity index (χ4n) is 2.96. The molecule has 2 unspecified atom stereocenters. The number of hydrogen-bond donors (Lipinski definition) is 2. The smallest absolute Gasteiger partial charge is 0.128 e. The van der Waals surface area contributed by atoms with E-state index in [0.29, 0.717) is 23.6 Å². The van der Waals surface area contributed by atoms with Gasteiger partial charge in [0.05, 0.1) is 19.3 Å². The standard InChI is InChI=1S/C17H26FNO2/c1-17(2)9-5-8-16(17)19-10-14(20)12-21-11-13-6-3-4-7-15(13)18/h3-4,6-7,14,16,19-20H,5,8-12H2,1-2H3. The largest absolute Gasteiger partial charge is 0.389 e. The highest BCUT2D eigenvalue weighted by Gasteiger charge is 2.34. The number of ether oxygens (including phenoxy) is 1. The highest BCUT2D eigenvalue weighted by Crippen LogP contribution is 2.37. The number of nitrogens with one attached hydrogen (secondary N) is 1. The molecule has 1 aliphatic carbocycles. The zero-order valence-corrected chi connectivity index (χ0v) is 12.9. The molecule has 0 saturated heterocycles. The first-order chi connectivity index (χ1) is 9.99. The second kappa shape index (κ2) is 7.34. The van der Waals surface area contributed by atoms with Gasteiger partial charge in [-0.05, 0) is 24.3 Å². The Morgan fingerprint density at radius 2 is 2.19 bits per heavy atom. The number of hydrogen-bond acceptors (Lipinski definition) is 3. The van der Waals surface area contributed by atoms with E-state index in [-0.39, 0.29) is 19.0 Å². The summed E-state index contributed by atoms with van der Waals surface area (Å²) in [7, 11) is 0. The molecule has 0 aromatic heterocycles. The molecule has 0 bridgehead atoms. The van der Waals surface area contributed by atoms with E-state index in [9.17, 15) is 9.50 Å². The van der Waals surface area contributed by atoms with Crippen LogP contribution in [0.25, 0.3) is 0 Å². The molecule has 1 saturated carbocycles. The van der Waals surface area contributed by atoms with Crippen LogP contribution in [0, 0.1) is 11.2 Å². The molecular weight excluding hydrogens is 269 g/mol. The van der Waals surface area contributed by atoms with Gasteiger partial charge in [-0.25, -0.2) is 4.39 Å². The Balaban J connectivity index is 1.66. The third-order valence-electron chi connectivity index (χ3n) is 4.38. The molecule has 0 radical (unpaired) electrons. The van der Waals surface area contributed by atoms with Crippen LogP contribution in [-0.4, -0.2) is 30.4 Å². The van der Waals surface area contributed by atoms with Crippen molar-refractivity contribution < 1.29 is 14.2 Å². The van der Waals surface area contributed by atoms with Crippen molar-refractivity contribution in [1.29, 1.82) is 0 Å². The van der Waals surface area contributed by atoms with Crippen LogP contribution < -0.4 is 5.32 Å². The second-order valence-electron chi connectivity index (χ2n) is 6.60. The van der Waals surface area contributed by atoms with E-state index < -0.39 is 6.10 Å². The molecule has 0 heterocycles. The van der Waals surface area contributed by atoms with Crippen LogP contribution in [-0.2, 0) is 11.3 Å². The average Bonchev–Trinajstić information content (AvgIpc) is 2.77. The van der Waals surface area contributed by atoms with Crippen molar-refractivity contribution in [2.24, 2.45) is 5.41 Å². The topological polar surface area (TPSA) is 41.5 Å². The molecule has 1 fully saturated rings. The summed E-state index contributed by atoms with van der Waals surface area (Å²) in [6.07, 6.45) is 3.07. The van der Waals surface area contributed by atoms with Crippen LogP contribution in [0.4, 0.5) is 4.39 Å². The van der Waals surface area contributed by atoms with Gasteiger partial charge in [-0.2, -0.15) is 0 Å². The number of benzene rings is 1. The van der Waals surface area contributed by atoms with Crippen molar-refractivity contribution in [2.45, 2.75) is 51.9 Å². The second-order valence-corrected chi connectivity index (χ2v) is 6.60. The maximum Gasteiger partial charge on any atom is 0.128 e. The summed E-state index contributed by atoms with van der Waals surface area (Å²) in [4.78, 5) is 0. The van der Waals surface area contributed by atoms with Crippen molar-refractivity contribution in [1.82, 2.24) is 5.32 Å². The van der Waals surface area contributed by atoms with Crippen LogP contribution in [0.2, 0.25) is 0 Å². The van der Waals surface area contributed by atoms with Crippen molar-refractivity contribution in [3.8, 4) is 0 Å². The Morgan fingerprint density at radius 1 is 1.43 bits per heavy atom. The summed E-state index contributed by atoms with van der Waals surface area (Å²) in [6, 6.07) is 7.00. The van der Waals surface area contributed by atoms with Crippen LogP contribution in [0.5, 0.6) is 0 Å². The van der Waals surface area contributed by atoms with Gasteiger partial charge in [-0.15, -0.1) is 0 Å². The molecule has 0 aliphatic heterocycles. The highest BCUT2D eigenvalue weighted by molar-refractivity contribution is 5.16. The summed E-state index contributed by atoms with van der Waals surface area (Å²) in [5, 5.41) is 13.4. The Morgan fingerprint density at radius 3 is 2.86 bits per heavy atom. The van der Waals surface area contributed by atoms with E-state index in [2.05, 4.69) is 19.2 Å². The minimum absolute atomic E-state index is 0.193. The van der Waals surface area contributed by atoms with Crippen molar-refractivity contribution >= 4 is 0 Å². The van der Waals surface area contributed by atoms with E-state index >= 15 is 0 Å². The molecule has 1 aliphatic rings. The molecule has 2 N–H and O–H groups in total. The summed E-state index contributed by atoms with van der Waals surface area (Å²) >= 11 is 0. The summed E-state index contributed by atoms with van der Waals surface area (Å²) in [5.41, 5.74) is 0.822. The summed E-state index contributed by atoms with van der Waals surface area (Å²) < 4.78 is 18.8. The van der Waals surface area contributed by atoms with Gasteiger partial charge in [-0.3, -0.25) is 0 Å². The number of aliphatic hydroxyl groups is 1. The summed E-state index contributed by atoms with van der Waals surface area (Å²) in [5.74, 6) is -0.266.